The van der Waals surface area contributed by atoms with Crippen LogP contribution in [0, 0.1) is 5.92 Å². The predicted molar refractivity (Wildman–Crippen MR) is 145 cm³/mol. The molecule has 1 aliphatic rings. The van der Waals surface area contributed by atoms with E-state index in [9.17, 15) is 30.0 Å². The molecule has 0 aromatic rings. The van der Waals surface area contributed by atoms with Crippen molar-refractivity contribution in [3.05, 3.63) is 0 Å². The lowest BCUT2D eigenvalue weighted by Crippen LogP contribution is -2.52. The second kappa shape index (κ2) is 21.7. The topological polar surface area (TPSA) is 136 Å². The molecule has 218 valence electrons. The highest BCUT2D eigenvalue weighted by Crippen LogP contribution is 2.24. The smallest absolute Gasteiger partial charge is 0.309 e. The molecule has 4 atom stereocenters. The number of unbranched alkanes of at least 4 members (excludes halogenated alkanes) is 13. The summed E-state index contributed by atoms with van der Waals surface area (Å²) in [6.07, 6.45) is 14.7. The molecule has 8 heteroatoms. The maximum absolute atomic E-state index is 12.1. The molecule has 0 spiro atoms. The first kappa shape index (κ1) is 33.8. The van der Waals surface area contributed by atoms with Crippen molar-refractivity contribution in [1.82, 2.24) is 5.32 Å². The Hall–Kier alpha value is -1.22. The van der Waals surface area contributed by atoms with Crippen LogP contribution in [0.3, 0.4) is 0 Å². The Morgan fingerprint density at radius 3 is 1.73 bits per heavy atom. The van der Waals surface area contributed by atoms with E-state index in [1.807, 2.05) is 0 Å². The Morgan fingerprint density at radius 2 is 1.22 bits per heavy atom. The van der Waals surface area contributed by atoms with Crippen LogP contribution >= 0.6 is 0 Å². The van der Waals surface area contributed by atoms with Crippen molar-refractivity contribution >= 4 is 11.9 Å². The number of amides is 1. The van der Waals surface area contributed by atoms with Crippen molar-refractivity contribution in [2.45, 2.75) is 153 Å². The van der Waals surface area contributed by atoms with Gasteiger partial charge in [0, 0.05) is 6.54 Å². The Morgan fingerprint density at radius 1 is 0.730 bits per heavy atom. The fourth-order valence-corrected chi connectivity index (χ4v) is 4.93. The number of rotatable bonds is 22. The molecule has 0 unspecified atom stereocenters. The Kier molecular flexibility index (Phi) is 19.8. The van der Waals surface area contributed by atoms with E-state index in [1.54, 1.807) is 0 Å². The molecule has 8 nitrogen and oxygen atoms in total. The summed E-state index contributed by atoms with van der Waals surface area (Å²) in [6.45, 7) is 2.12. The fourth-order valence-electron chi connectivity index (χ4n) is 4.93. The quantitative estimate of drug-likeness (QED) is 0.105. The first-order valence-electron chi connectivity index (χ1n) is 15.0. The monoisotopic (exact) mass is 529 g/mol. The van der Waals surface area contributed by atoms with Gasteiger partial charge >= 0.3 is 5.97 Å². The van der Waals surface area contributed by atoms with Gasteiger partial charge in [0.2, 0.25) is 0 Å². The SMILES string of the molecule is CCCCCCCCCCCCCCCCNC(=O)[C@H](O)[C@@H](O)[C@H](O)[C@H](O)COC(=O)C1CCCCC1. The van der Waals surface area contributed by atoms with E-state index >= 15 is 0 Å². The molecule has 0 aliphatic heterocycles. The second-order valence-electron chi connectivity index (χ2n) is 10.8. The van der Waals surface area contributed by atoms with E-state index in [2.05, 4.69) is 12.2 Å². The third kappa shape index (κ3) is 15.7. The van der Waals surface area contributed by atoms with E-state index in [0.717, 1.165) is 51.4 Å². The number of ether oxygens (including phenoxy) is 1. The molecule has 0 aromatic heterocycles. The molecular weight excluding hydrogens is 474 g/mol. The zero-order valence-electron chi connectivity index (χ0n) is 23.2. The van der Waals surface area contributed by atoms with Crippen LogP contribution in [0.1, 0.15) is 129 Å². The zero-order valence-corrected chi connectivity index (χ0v) is 23.2. The van der Waals surface area contributed by atoms with Gasteiger partial charge < -0.3 is 30.5 Å². The number of esters is 1. The van der Waals surface area contributed by atoms with E-state index in [-0.39, 0.29) is 5.92 Å². The summed E-state index contributed by atoms with van der Waals surface area (Å²) in [7, 11) is 0. The van der Waals surface area contributed by atoms with Gasteiger partial charge in [0.1, 0.15) is 24.9 Å². The van der Waals surface area contributed by atoms with Crippen molar-refractivity contribution in [3.63, 3.8) is 0 Å². The minimum absolute atomic E-state index is 0.200. The number of carbonyl (C=O) groups is 2. The highest BCUT2D eigenvalue weighted by atomic mass is 16.5. The number of aliphatic hydroxyl groups excluding tert-OH is 4. The van der Waals surface area contributed by atoms with Gasteiger partial charge in [-0.25, -0.2) is 0 Å². The zero-order chi connectivity index (χ0) is 27.3. The summed E-state index contributed by atoms with van der Waals surface area (Å²) in [4.78, 5) is 24.2. The van der Waals surface area contributed by atoms with Crippen LogP contribution in [0.5, 0.6) is 0 Å². The second-order valence-corrected chi connectivity index (χ2v) is 10.8. The normalized spacial score (nSPS) is 17.6. The minimum atomic E-state index is -1.89. The van der Waals surface area contributed by atoms with Crippen LogP contribution in [-0.2, 0) is 14.3 Å². The van der Waals surface area contributed by atoms with E-state index in [0.29, 0.717) is 6.54 Å². The minimum Gasteiger partial charge on any atom is -0.463 e. The van der Waals surface area contributed by atoms with Crippen LogP contribution in [0.25, 0.3) is 0 Å². The third-order valence-electron chi connectivity index (χ3n) is 7.50. The van der Waals surface area contributed by atoms with Gasteiger partial charge in [-0.2, -0.15) is 0 Å². The first-order valence-corrected chi connectivity index (χ1v) is 15.0. The van der Waals surface area contributed by atoms with Gasteiger partial charge in [0.25, 0.3) is 5.91 Å². The van der Waals surface area contributed by atoms with Gasteiger partial charge in [-0.3, -0.25) is 9.59 Å². The molecule has 0 radical (unpaired) electrons. The number of hydrogen-bond donors (Lipinski definition) is 5. The number of nitrogens with one attached hydrogen (secondary N) is 1. The standard InChI is InChI=1S/C29H55NO7/c1-2-3-4-5-6-7-8-9-10-11-12-13-14-18-21-30-28(35)27(34)26(33)25(32)24(31)22-37-29(36)23-19-16-15-17-20-23/h23-27,31-34H,2-22H2,1H3,(H,30,35)/t24-,25-,26+,27-/m1/s1. The molecule has 1 saturated carbocycles. The van der Waals surface area contributed by atoms with E-state index < -0.39 is 42.9 Å². The Bertz CT molecular complexity index is 583. The number of hydrogen-bond acceptors (Lipinski definition) is 7. The van der Waals surface area contributed by atoms with Crippen molar-refractivity contribution in [1.29, 1.82) is 0 Å². The summed E-state index contributed by atoms with van der Waals surface area (Å²) in [5.74, 6) is -1.42. The van der Waals surface area contributed by atoms with Crippen molar-refractivity contribution in [2.24, 2.45) is 5.92 Å². The third-order valence-corrected chi connectivity index (χ3v) is 7.50. The average molecular weight is 530 g/mol. The van der Waals surface area contributed by atoms with Gasteiger partial charge in [-0.1, -0.05) is 110 Å². The van der Waals surface area contributed by atoms with Crippen molar-refractivity contribution in [2.75, 3.05) is 13.2 Å². The maximum Gasteiger partial charge on any atom is 0.309 e. The van der Waals surface area contributed by atoms with Crippen LogP contribution in [0.4, 0.5) is 0 Å². The van der Waals surface area contributed by atoms with E-state index in [1.165, 1.54) is 70.6 Å². The van der Waals surface area contributed by atoms with Crippen molar-refractivity contribution < 1.29 is 34.8 Å². The molecule has 1 aliphatic carbocycles. The fraction of sp³-hybridized carbons (Fsp3) is 0.931. The molecule has 1 amide bonds. The lowest BCUT2D eigenvalue weighted by Gasteiger charge is -2.26. The highest BCUT2D eigenvalue weighted by molar-refractivity contribution is 5.81. The van der Waals surface area contributed by atoms with E-state index in [4.69, 9.17) is 4.74 Å². The summed E-state index contributed by atoms with van der Waals surface area (Å²) in [6, 6.07) is 0. The average Bonchev–Trinajstić information content (AvgIpc) is 2.92. The van der Waals surface area contributed by atoms with Gasteiger partial charge in [0.15, 0.2) is 6.10 Å². The van der Waals surface area contributed by atoms with Crippen LogP contribution in [-0.4, -0.2) is 69.9 Å². The number of carbonyl (C=O) groups excluding carboxylic acids is 2. The summed E-state index contributed by atoms with van der Waals surface area (Å²) in [5.41, 5.74) is 0. The molecule has 5 N–H and O–H groups in total. The Balaban J connectivity index is 2.04. The molecule has 0 heterocycles. The molecule has 37 heavy (non-hydrogen) atoms. The van der Waals surface area contributed by atoms with Gasteiger partial charge in [0.05, 0.1) is 5.92 Å². The van der Waals surface area contributed by atoms with Crippen LogP contribution < -0.4 is 5.32 Å². The summed E-state index contributed by atoms with van der Waals surface area (Å²) < 4.78 is 5.07. The van der Waals surface area contributed by atoms with Gasteiger partial charge in [-0.05, 0) is 19.3 Å². The largest absolute Gasteiger partial charge is 0.463 e. The molecule has 0 bridgehead atoms. The van der Waals surface area contributed by atoms with Gasteiger partial charge in [-0.15, -0.1) is 0 Å². The predicted octanol–water partition coefficient (Wildman–Crippen LogP) is 4.15. The first-order chi connectivity index (χ1) is 17.9. The Labute approximate surface area is 224 Å². The molecule has 0 aromatic carbocycles. The lowest BCUT2D eigenvalue weighted by atomic mass is 9.89. The maximum atomic E-state index is 12.1. The summed E-state index contributed by atoms with van der Waals surface area (Å²) in [5, 5.41) is 42.9. The lowest BCUT2D eigenvalue weighted by molar-refractivity contribution is -0.163. The van der Waals surface area contributed by atoms with Crippen LogP contribution in [0.15, 0.2) is 0 Å². The molecular formula is C29H55NO7. The van der Waals surface area contributed by atoms with Crippen molar-refractivity contribution in [3.8, 4) is 0 Å². The molecule has 0 saturated heterocycles. The number of aliphatic hydroxyl groups is 4. The summed E-state index contributed by atoms with van der Waals surface area (Å²) >= 11 is 0. The van der Waals surface area contributed by atoms with Crippen LogP contribution in [0.2, 0.25) is 0 Å². The molecule has 1 rings (SSSR count). The molecule has 1 fully saturated rings. The highest BCUT2D eigenvalue weighted by Gasteiger charge is 2.35.